The van der Waals surface area contributed by atoms with Crippen molar-refractivity contribution < 1.29 is 52.5 Å². The molecule has 0 amide bonds. The third-order valence-electron chi connectivity index (χ3n) is 2.28. The molecule has 0 unspecified atom stereocenters. The van der Waals surface area contributed by atoms with Crippen LogP contribution in [0, 0.1) is 0 Å². The highest BCUT2D eigenvalue weighted by Crippen LogP contribution is 2.18. The van der Waals surface area contributed by atoms with E-state index >= 15 is 0 Å². The number of aliphatic hydroxyl groups is 1. The largest absolute Gasteiger partial charge is 0.479 e. The molecule has 0 spiro atoms. The van der Waals surface area contributed by atoms with Crippen LogP contribution in [0.5, 0.6) is 0 Å². The Balaban J connectivity index is 2.64. The van der Waals surface area contributed by atoms with Gasteiger partial charge in [-0.2, -0.15) is 0 Å². The molecule has 0 aromatic carbocycles. The standard InChI is InChI=1S/C10H14O11S/c11-7-5-10(15,9(13)14)6-8(12)17-2-4-19-21-22-20-18-3-1-16-7/h15H,1-6H2,(H,13,14). The van der Waals surface area contributed by atoms with Gasteiger partial charge in [0.15, 0.2) is 5.60 Å². The van der Waals surface area contributed by atoms with Gasteiger partial charge in [0.25, 0.3) is 0 Å². The lowest BCUT2D eigenvalue weighted by Crippen LogP contribution is -2.43. The smallest absolute Gasteiger partial charge is 0.336 e. The summed E-state index contributed by atoms with van der Waals surface area (Å²) in [5.74, 6) is -3.81. The number of carboxylic acid groups (broad SMARTS) is 1. The molecule has 0 aromatic heterocycles. The number of carboxylic acids is 1. The highest BCUT2D eigenvalue weighted by Gasteiger charge is 2.42. The Labute approximate surface area is 128 Å². The van der Waals surface area contributed by atoms with Crippen LogP contribution in [0.15, 0.2) is 0 Å². The molecule has 11 nitrogen and oxygen atoms in total. The quantitative estimate of drug-likeness (QED) is 0.347. The molecule has 1 aliphatic rings. The van der Waals surface area contributed by atoms with Crippen molar-refractivity contribution in [1.82, 2.24) is 0 Å². The van der Waals surface area contributed by atoms with E-state index in [-0.39, 0.29) is 26.4 Å². The second-order valence-corrected chi connectivity index (χ2v) is 4.39. The summed E-state index contributed by atoms with van der Waals surface area (Å²) >= 11 is 0.351. The van der Waals surface area contributed by atoms with Crippen molar-refractivity contribution in [3.8, 4) is 0 Å². The van der Waals surface area contributed by atoms with Gasteiger partial charge in [0.2, 0.25) is 12.3 Å². The Morgan fingerprint density at radius 1 is 0.955 bits per heavy atom. The third-order valence-corrected chi connectivity index (χ3v) is 2.59. The summed E-state index contributed by atoms with van der Waals surface area (Å²) in [6.07, 6.45) is -1.85. The Morgan fingerprint density at radius 2 is 1.41 bits per heavy atom. The van der Waals surface area contributed by atoms with Crippen molar-refractivity contribution >= 4 is 30.2 Å². The van der Waals surface area contributed by atoms with Crippen LogP contribution in [0.2, 0.25) is 0 Å². The van der Waals surface area contributed by atoms with Gasteiger partial charge in [0.1, 0.15) is 26.4 Å². The number of esters is 2. The van der Waals surface area contributed by atoms with E-state index in [1.165, 1.54) is 0 Å². The fraction of sp³-hybridized carbons (Fsp3) is 0.700. The number of ether oxygens (including phenoxy) is 2. The fourth-order valence-corrected chi connectivity index (χ4v) is 1.53. The maximum Gasteiger partial charge on any atom is 0.336 e. The highest BCUT2D eigenvalue weighted by molar-refractivity contribution is 7.89. The number of carbonyl (C=O) groups excluding carboxylic acids is 2. The molecule has 1 rings (SSSR count). The minimum atomic E-state index is -2.63. The molecule has 12 heteroatoms. The maximum atomic E-state index is 11.5. The summed E-state index contributed by atoms with van der Waals surface area (Å²) < 4.78 is 18.0. The molecule has 1 aliphatic heterocycles. The minimum Gasteiger partial charge on any atom is -0.479 e. The van der Waals surface area contributed by atoms with Crippen LogP contribution in [0.1, 0.15) is 12.8 Å². The van der Waals surface area contributed by atoms with Gasteiger partial charge in [-0.1, -0.05) is 0 Å². The Hall–Kier alpha value is -1.44. The van der Waals surface area contributed by atoms with Gasteiger partial charge in [-0.15, -0.1) is 8.67 Å². The van der Waals surface area contributed by atoms with E-state index in [2.05, 4.69) is 27.9 Å². The minimum absolute atomic E-state index is 0.171. The molecule has 0 aliphatic carbocycles. The second kappa shape index (κ2) is 9.55. The van der Waals surface area contributed by atoms with E-state index < -0.39 is 36.4 Å². The van der Waals surface area contributed by atoms with E-state index in [0.29, 0.717) is 12.3 Å². The van der Waals surface area contributed by atoms with Crippen molar-refractivity contribution in [3.05, 3.63) is 0 Å². The van der Waals surface area contributed by atoms with Gasteiger partial charge < -0.3 is 19.7 Å². The SMILES string of the molecule is O=C1CC(O)(C(=O)O)CC(=O)OCCOOSOOCCO1. The summed E-state index contributed by atoms with van der Waals surface area (Å²) in [5, 5.41) is 18.8. The van der Waals surface area contributed by atoms with Crippen LogP contribution >= 0.6 is 12.3 Å². The molecule has 0 atom stereocenters. The van der Waals surface area contributed by atoms with Crippen molar-refractivity contribution in [2.45, 2.75) is 18.4 Å². The highest BCUT2D eigenvalue weighted by atomic mass is 32.2. The van der Waals surface area contributed by atoms with E-state index in [1.54, 1.807) is 0 Å². The topological polar surface area (TPSA) is 147 Å². The lowest BCUT2D eigenvalue weighted by molar-refractivity contribution is -0.246. The van der Waals surface area contributed by atoms with Crippen LogP contribution < -0.4 is 0 Å². The molecule has 1 fully saturated rings. The maximum absolute atomic E-state index is 11.5. The number of hydrogen-bond acceptors (Lipinski definition) is 11. The van der Waals surface area contributed by atoms with E-state index in [4.69, 9.17) is 5.11 Å². The average Bonchev–Trinajstić information content (AvgIpc) is 2.43. The summed E-state index contributed by atoms with van der Waals surface area (Å²) in [4.78, 5) is 43.0. The monoisotopic (exact) mass is 342 g/mol. The number of cyclic esters (lactones) is 2. The number of rotatable bonds is 1. The third kappa shape index (κ3) is 7.02. The normalized spacial score (nSPS) is 22.4. The Bertz CT molecular complexity index is 372. The lowest BCUT2D eigenvalue weighted by atomic mass is 9.96. The van der Waals surface area contributed by atoms with Crippen LogP contribution in [-0.2, 0) is 42.3 Å². The summed E-state index contributed by atoms with van der Waals surface area (Å²) in [6.45, 7) is -0.869. The molecule has 22 heavy (non-hydrogen) atoms. The predicted molar refractivity (Wildman–Crippen MR) is 65.4 cm³/mol. The van der Waals surface area contributed by atoms with Crippen LogP contribution in [-0.4, -0.2) is 60.1 Å². The average molecular weight is 342 g/mol. The van der Waals surface area contributed by atoms with E-state index in [0.717, 1.165) is 0 Å². The first-order valence-electron chi connectivity index (χ1n) is 5.95. The van der Waals surface area contributed by atoms with Gasteiger partial charge in [0, 0.05) is 0 Å². The summed E-state index contributed by atoms with van der Waals surface area (Å²) in [5.41, 5.74) is -2.63. The molecule has 0 bridgehead atoms. The molecule has 0 radical (unpaired) electrons. The number of carbonyl (C=O) groups is 3. The van der Waals surface area contributed by atoms with Crippen molar-refractivity contribution in [2.24, 2.45) is 0 Å². The van der Waals surface area contributed by atoms with Crippen LogP contribution in [0.4, 0.5) is 0 Å². The molecular weight excluding hydrogens is 328 g/mol. The summed E-state index contributed by atoms with van der Waals surface area (Å²) in [6, 6.07) is 0. The van der Waals surface area contributed by atoms with Gasteiger partial charge in [0.05, 0.1) is 12.8 Å². The van der Waals surface area contributed by atoms with E-state index in [1.807, 2.05) is 0 Å². The van der Waals surface area contributed by atoms with Crippen molar-refractivity contribution in [3.63, 3.8) is 0 Å². The zero-order chi connectivity index (χ0) is 16.4. The first kappa shape index (κ1) is 18.6. The molecule has 126 valence electrons. The van der Waals surface area contributed by atoms with Gasteiger partial charge in [-0.3, -0.25) is 9.59 Å². The first-order valence-corrected chi connectivity index (χ1v) is 6.62. The first-order chi connectivity index (χ1) is 10.4. The molecule has 0 aromatic rings. The molecule has 1 saturated heterocycles. The predicted octanol–water partition coefficient (Wildman–Crippen LogP) is -0.858. The zero-order valence-corrected chi connectivity index (χ0v) is 12.0. The lowest BCUT2D eigenvalue weighted by Gasteiger charge is -2.21. The van der Waals surface area contributed by atoms with Crippen LogP contribution in [0.3, 0.4) is 0 Å². The van der Waals surface area contributed by atoms with Gasteiger partial charge in [-0.05, 0) is 0 Å². The van der Waals surface area contributed by atoms with Gasteiger partial charge in [-0.25, -0.2) is 14.6 Å². The number of hydrogen-bond donors (Lipinski definition) is 2. The Morgan fingerprint density at radius 3 is 1.82 bits per heavy atom. The molecule has 0 saturated carbocycles. The van der Waals surface area contributed by atoms with E-state index in [9.17, 15) is 19.5 Å². The molecule has 2 N–H and O–H groups in total. The fourth-order valence-electron chi connectivity index (χ4n) is 1.29. The zero-order valence-electron chi connectivity index (χ0n) is 11.2. The van der Waals surface area contributed by atoms with Crippen LogP contribution in [0.25, 0.3) is 0 Å². The van der Waals surface area contributed by atoms with Crippen molar-refractivity contribution in [1.29, 1.82) is 0 Å². The van der Waals surface area contributed by atoms with Crippen molar-refractivity contribution in [2.75, 3.05) is 26.4 Å². The number of aliphatic carboxylic acids is 1. The van der Waals surface area contributed by atoms with Gasteiger partial charge >= 0.3 is 17.9 Å². The summed E-state index contributed by atoms with van der Waals surface area (Å²) in [7, 11) is 0. The molecular formula is C10H14O11S. The second-order valence-electron chi connectivity index (χ2n) is 3.98. The molecule has 1 heterocycles. The Kier molecular flexibility index (Phi) is 8.08.